The molecule has 122 valence electrons. The summed E-state index contributed by atoms with van der Waals surface area (Å²) < 4.78 is 24.8. The number of halogens is 2. The van der Waals surface area contributed by atoms with E-state index in [1.54, 1.807) is 17.0 Å². The zero-order valence-electron chi connectivity index (χ0n) is 13.1. The average Bonchev–Trinajstić information content (AvgIpc) is 2.91. The Morgan fingerprint density at radius 1 is 1.50 bits per heavy atom. The van der Waals surface area contributed by atoms with Gasteiger partial charge in [-0.25, -0.2) is 9.18 Å². The first-order valence-electron chi connectivity index (χ1n) is 7.27. The van der Waals surface area contributed by atoms with Crippen LogP contribution in [0.2, 0.25) is 0 Å². The Morgan fingerprint density at radius 3 is 2.77 bits per heavy atom. The van der Waals surface area contributed by atoms with E-state index in [0.29, 0.717) is 23.3 Å². The van der Waals surface area contributed by atoms with E-state index in [4.69, 9.17) is 9.47 Å². The molecule has 1 aromatic carbocycles. The van der Waals surface area contributed by atoms with E-state index in [1.807, 2.05) is 43.4 Å². The minimum Gasteiger partial charge on any atom is -0.444 e. The number of amides is 1. The smallest absolute Gasteiger partial charge is 0.410 e. The summed E-state index contributed by atoms with van der Waals surface area (Å²) in [6, 6.07) is 4.88. The largest absolute Gasteiger partial charge is 0.444 e. The van der Waals surface area contributed by atoms with Crippen molar-refractivity contribution in [3.05, 3.63) is 33.1 Å². The maximum absolute atomic E-state index is 13.4. The number of rotatable bonds is 3. The number of carbonyl (C=O) groups excluding carboxylic acids is 1. The van der Waals surface area contributed by atoms with Gasteiger partial charge in [0.25, 0.3) is 0 Å². The third kappa shape index (κ3) is 4.81. The topological polar surface area (TPSA) is 38.8 Å². The first kappa shape index (κ1) is 17.5. The van der Waals surface area contributed by atoms with Crippen LogP contribution in [0.25, 0.3) is 0 Å². The Balaban J connectivity index is 2.16. The summed E-state index contributed by atoms with van der Waals surface area (Å²) in [6.07, 6.45) is 0.430. The first-order chi connectivity index (χ1) is 10.3. The van der Waals surface area contributed by atoms with E-state index in [-0.39, 0.29) is 18.0 Å². The summed E-state index contributed by atoms with van der Waals surface area (Å²) in [5, 5.41) is 0. The van der Waals surface area contributed by atoms with Crippen molar-refractivity contribution in [1.29, 1.82) is 0 Å². The molecule has 0 saturated carbocycles. The van der Waals surface area contributed by atoms with Gasteiger partial charge in [-0.15, -0.1) is 0 Å². The number of benzene rings is 1. The highest BCUT2D eigenvalue weighted by atomic mass is 127. The highest BCUT2D eigenvalue weighted by molar-refractivity contribution is 14.1. The minimum atomic E-state index is -0.550. The molecule has 1 fully saturated rings. The molecule has 4 nitrogen and oxygen atoms in total. The van der Waals surface area contributed by atoms with E-state index in [1.165, 1.54) is 6.07 Å². The normalized spacial score (nSPS) is 18.3. The summed E-state index contributed by atoms with van der Waals surface area (Å²) in [4.78, 5) is 14.2. The fraction of sp³-hybridized carbons (Fsp3) is 0.562. The average molecular weight is 421 g/mol. The van der Waals surface area contributed by atoms with Crippen LogP contribution < -0.4 is 0 Å². The van der Waals surface area contributed by atoms with Gasteiger partial charge in [0.15, 0.2) is 0 Å². The standard InChI is InChI=1S/C16H21FINO3/c1-16(2,3)22-15(20)19(12-6-7-21-10-12)9-11-4-5-13(17)14(18)8-11/h4-5,8,12H,6-7,9-10H2,1-3H3. The predicted molar refractivity (Wildman–Crippen MR) is 90.1 cm³/mol. The predicted octanol–water partition coefficient (Wildman–Crippen LogP) is 3.96. The molecular weight excluding hydrogens is 400 g/mol. The Bertz CT molecular complexity index is 539. The van der Waals surface area contributed by atoms with Gasteiger partial charge in [-0.2, -0.15) is 0 Å². The van der Waals surface area contributed by atoms with Crippen LogP contribution in [0.15, 0.2) is 18.2 Å². The van der Waals surface area contributed by atoms with Crippen LogP contribution in [-0.2, 0) is 16.0 Å². The SMILES string of the molecule is CC(C)(C)OC(=O)N(Cc1ccc(F)c(I)c1)C1CCOC1. The molecule has 1 aromatic rings. The fourth-order valence-electron chi connectivity index (χ4n) is 2.27. The van der Waals surface area contributed by atoms with Gasteiger partial charge in [-0.05, 0) is 67.5 Å². The highest BCUT2D eigenvalue weighted by Crippen LogP contribution is 2.21. The molecule has 2 rings (SSSR count). The van der Waals surface area contributed by atoms with Crippen molar-refractivity contribution in [2.45, 2.75) is 45.4 Å². The third-order valence-corrected chi connectivity index (χ3v) is 4.14. The molecule has 0 N–H and O–H groups in total. The number of hydrogen-bond donors (Lipinski definition) is 0. The summed E-state index contributed by atoms with van der Waals surface area (Å²) in [6.45, 7) is 7.07. The second-order valence-electron chi connectivity index (χ2n) is 6.37. The van der Waals surface area contributed by atoms with Gasteiger partial charge in [0.05, 0.1) is 12.6 Å². The Hall–Kier alpha value is -0.890. The lowest BCUT2D eigenvalue weighted by atomic mass is 10.1. The van der Waals surface area contributed by atoms with Crippen molar-refractivity contribution in [3.8, 4) is 0 Å². The van der Waals surface area contributed by atoms with Crippen LogP contribution in [0.3, 0.4) is 0 Å². The molecule has 1 unspecified atom stereocenters. The minimum absolute atomic E-state index is 0.00226. The van der Waals surface area contributed by atoms with Gasteiger partial charge in [0.1, 0.15) is 11.4 Å². The van der Waals surface area contributed by atoms with E-state index < -0.39 is 5.60 Å². The van der Waals surface area contributed by atoms with Crippen molar-refractivity contribution in [2.75, 3.05) is 13.2 Å². The van der Waals surface area contributed by atoms with Crippen molar-refractivity contribution >= 4 is 28.7 Å². The molecule has 22 heavy (non-hydrogen) atoms. The monoisotopic (exact) mass is 421 g/mol. The lowest BCUT2D eigenvalue weighted by Crippen LogP contribution is -2.43. The highest BCUT2D eigenvalue weighted by Gasteiger charge is 2.31. The van der Waals surface area contributed by atoms with E-state index >= 15 is 0 Å². The number of ether oxygens (including phenoxy) is 2. The molecule has 1 aliphatic heterocycles. The van der Waals surface area contributed by atoms with Gasteiger partial charge >= 0.3 is 6.09 Å². The van der Waals surface area contributed by atoms with Crippen LogP contribution in [-0.4, -0.2) is 35.8 Å². The molecule has 0 spiro atoms. The van der Waals surface area contributed by atoms with Gasteiger partial charge in [0, 0.05) is 16.7 Å². The van der Waals surface area contributed by atoms with Crippen LogP contribution in [0.5, 0.6) is 0 Å². The van der Waals surface area contributed by atoms with E-state index in [9.17, 15) is 9.18 Å². The van der Waals surface area contributed by atoms with Crippen molar-refractivity contribution < 1.29 is 18.7 Å². The number of carbonyl (C=O) groups is 1. The van der Waals surface area contributed by atoms with Crippen molar-refractivity contribution in [3.63, 3.8) is 0 Å². The zero-order valence-corrected chi connectivity index (χ0v) is 15.2. The lowest BCUT2D eigenvalue weighted by Gasteiger charge is -2.31. The molecule has 1 heterocycles. The fourth-order valence-corrected chi connectivity index (χ4v) is 2.85. The number of hydrogen-bond acceptors (Lipinski definition) is 3. The van der Waals surface area contributed by atoms with Gasteiger partial charge in [-0.3, -0.25) is 4.90 Å². The summed E-state index contributed by atoms with van der Waals surface area (Å²) in [7, 11) is 0. The molecule has 0 aromatic heterocycles. The van der Waals surface area contributed by atoms with Gasteiger partial charge in [-0.1, -0.05) is 6.07 Å². The zero-order chi connectivity index (χ0) is 16.3. The van der Waals surface area contributed by atoms with Crippen LogP contribution in [0, 0.1) is 9.39 Å². The second-order valence-corrected chi connectivity index (χ2v) is 7.54. The van der Waals surface area contributed by atoms with Crippen LogP contribution >= 0.6 is 22.6 Å². The summed E-state index contributed by atoms with van der Waals surface area (Å²) in [5.41, 5.74) is 0.329. The molecule has 1 aliphatic rings. The molecule has 6 heteroatoms. The molecular formula is C16H21FINO3. The Kier molecular flexibility index (Phi) is 5.65. The van der Waals surface area contributed by atoms with E-state index in [0.717, 1.165) is 12.0 Å². The summed E-state index contributed by atoms with van der Waals surface area (Å²) >= 11 is 1.95. The van der Waals surface area contributed by atoms with Crippen LogP contribution in [0.1, 0.15) is 32.8 Å². The van der Waals surface area contributed by atoms with Crippen LogP contribution in [0.4, 0.5) is 9.18 Å². The number of nitrogens with zero attached hydrogens (tertiary/aromatic N) is 1. The molecule has 0 radical (unpaired) electrons. The molecule has 1 saturated heterocycles. The molecule has 1 amide bonds. The van der Waals surface area contributed by atoms with Crippen molar-refractivity contribution in [1.82, 2.24) is 4.90 Å². The molecule has 0 aliphatic carbocycles. The summed E-state index contributed by atoms with van der Waals surface area (Å²) in [5.74, 6) is -0.252. The third-order valence-electron chi connectivity index (χ3n) is 3.31. The van der Waals surface area contributed by atoms with Crippen molar-refractivity contribution in [2.24, 2.45) is 0 Å². The maximum Gasteiger partial charge on any atom is 0.410 e. The Morgan fingerprint density at radius 2 is 2.23 bits per heavy atom. The molecule has 1 atom stereocenters. The first-order valence-corrected chi connectivity index (χ1v) is 8.35. The quantitative estimate of drug-likeness (QED) is 0.694. The lowest BCUT2D eigenvalue weighted by molar-refractivity contribution is 0.0126. The van der Waals surface area contributed by atoms with Gasteiger partial charge < -0.3 is 9.47 Å². The maximum atomic E-state index is 13.4. The van der Waals surface area contributed by atoms with Gasteiger partial charge in [0.2, 0.25) is 0 Å². The Labute approximate surface area is 144 Å². The second kappa shape index (κ2) is 7.12. The molecule has 0 bridgehead atoms. The van der Waals surface area contributed by atoms with E-state index in [2.05, 4.69) is 0 Å².